The van der Waals surface area contributed by atoms with Crippen molar-refractivity contribution in [1.82, 2.24) is 4.98 Å². The summed E-state index contributed by atoms with van der Waals surface area (Å²) in [6, 6.07) is 3.71. The molecule has 0 aliphatic heterocycles. The molecular weight excluding hydrogens is 300 g/mol. The Labute approximate surface area is 115 Å². The SMILES string of the molecule is CC(C)(C)C(N)C(CO)Sc1ncccc1Br. The van der Waals surface area contributed by atoms with Crippen LogP contribution in [-0.2, 0) is 0 Å². The standard InChI is InChI=1S/C12H19BrN2OS/c1-12(2,3)10(14)9(7-16)17-11-8(13)5-4-6-15-11/h4-6,9-10,16H,7,14H2,1-3H3. The molecular formula is C12H19BrN2OS. The van der Waals surface area contributed by atoms with Gasteiger partial charge in [-0.15, -0.1) is 0 Å². The third-order valence-electron chi connectivity index (χ3n) is 2.57. The zero-order chi connectivity index (χ0) is 13.1. The minimum atomic E-state index is -0.0913. The van der Waals surface area contributed by atoms with Crippen molar-refractivity contribution in [2.45, 2.75) is 37.1 Å². The molecule has 3 nitrogen and oxygen atoms in total. The van der Waals surface area contributed by atoms with Crippen molar-refractivity contribution >= 4 is 27.7 Å². The molecule has 0 fully saturated rings. The predicted octanol–water partition coefficient (Wildman–Crippen LogP) is 2.67. The first-order valence-corrected chi connectivity index (χ1v) is 7.17. The third kappa shape index (κ3) is 4.25. The molecule has 1 rings (SSSR count). The van der Waals surface area contributed by atoms with Gasteiger partial charge in [0.15, 0.2) is 0 Å². The van der Waals surface area contributed by atoms with Gasteiger partial charge in [0.25, 0.3) is 0 Å². The van der Waals surface area contributed by atoms with Crippen LogP contribution in [0.2, 0.25) is 0 Å². The van der Waals surface area contributed by atoms with Crippen LogP contribution in [0.4, 0.5) is 0 Å². The lowest BCUT2D eigenvalue weighted by Crippen LogP contribution is -2.45. The van der Waals surface area contributed by atoms with Gasteiger partial charge in [-0.3, -0.25) is 0 Å². The summed E-state index contributed by atoms with van der Waals surface area (Å²) in [7, 11) is 0. The largest absolute Gasteiger partial charge is 0.395 e. The highest BCUT2D eigenvalue weighted by Crippen LogP contribution is 2.33. The number of aliphatic hydroxyl groups excluding tert-OH is 1. The van der Waals surface area contributed by atoms with Gasteiger partial charge in [-0.25, -0.2) is 4.98 Å². The van der Waals surface area contributed by atoms with Gasteiger partial charge in [0.1, 0.15) is 5.03 Å². The van der Waals surface area contributed by atoms with E-state index in [-0.39, 0.29) is 23.3 Å². The van der Waals surface area contributed by atoms with Crippen LogP contribution in [0.25, 0.3) is 0 Å². The number of aromatic nitrogens is 1. The Kier molecular flexibility index (Phi) is 5.44. The lowest BCUT2D eigenvalue weighted by molar-refractivity contribution is 0.233. The topological polar surface area (TPSA) is 59.1 Å². The maximum absolute atomic E-state index is 9.47. The zero-order valence-electron chi connectivity index (χ0n) is 10.4. The number of thioether (sulfide) groups is 1. The highest BCUT2D eigenvalue weighted by Gasteiger charge is 2.29. The van der Waals surface area contributed by atoms with Crippen molar-refractivity contribution in [3.8, 4) is 0 Å². The van der Waals surface area contributed by atoms with Gasteiger partial charge in [-0.2, -0.15) is 0 Å². The fourth-order valence-corrected chi connectivity index (χ4v) is 3.14. The van der Waals surface area contributed by atoms with E-state index < -0.39 is 0 Å². The van der Waals surface area contributed by atoms with Crippen LogP contribution < -0.4 is 5.73 Å². The fourth-order valence-electron chi connectivity index (χ4n) is 1.38. The summed E-state index contributed by atoms with van der Waals surface area (Å²) >= 11 is 4.97. The van der Waals surface area contributed by atoms with Crippen LogP contribution in [0.1, 0.15) is 20.8 Å². The third-order valence-corrected chi connectivity index (χ3v) is 4.76. The maximum atomic E-state index is 9.47. The van der Waals surface area contributed by atoms with E-state index in [2.05, 4.69) is 41.7 Å². The molecule has 0 aromatic carbocycles. The zero-order valence-corrected chi connectivity index (χ0v) is 12.8. The summed E-state index contributed by atoms with van der Waals surface area (Å²) in [6.07, 6.45) is 1.74. The molecule has 0 saturated carbocycles. The Morgan fingerprint density at radius 2 is 2.18 bits per heavy atom. The molecule has 2 unspecified atom stereocenters. The molecule has 0 spiro atoms. The normalized spacial score (nSPS) is 15.6. The smallest absolute Gasteiger partial charge is 0.111 e. The van der Waals surface area contributed by atoms with Gasteiger partial charge in [0.2, 0.25) is 0 Å². The summed E-state index contributed by atoms with van der Waals surface area (Å²) in [5.74, 6) is 0. The van der Waals surface area contributed by atoms with E-state index >= 15 is 0 Å². The molecule has 0 aliphatic carbocycles. The predicted molar refractivity (Wildman–Crippen MR) is 76.1 cm³/mol. The lowest BCUT2D eigenvalue weighted by Gasteiger charge is -2.32. The van der Waals surface area contributed by atoms with Crippen LogP contribution in [0.5, 0.6) is 0 Å². The minimum absolute atomic E-state index is 0.0400. The van der Waals surface area contributed by atoms with Gasteiger partial charge < -0.3 is 10.8 Å². The Hall–Kier alpha value is -0.100. The number of rotatable bonds is 4. The van der Waals surface area contributed by atoms with E-state index in [1.807, 2.05) is 12.1 Å². The van der Waals surface area contributed by atoms with Gasteiger partial charge >= 0.3 is 0 Å². The first-order valence-electron chi connectivity index (χ1n) is 5.50. The van der Waals surface area contributed by atoms with Gasteiger partial charge in [-0.1, -0.05) is 32.5 Å². The molecule has 96 valence electrons. The lowest BCUT2D eigenvalue weighted by atomic mass is 9.85. The monoisotopic (exact) mass is 318 g/mol. The molecule has 0 radical (unpaired) electrons. The number of halogens is 1. The average Bonchev–Trinajstić information content (AvgIpc) is 2.26. The second-order valence-electron chi connectivity index (χ2n) is 5.02. The molecule has 0 saturated heterocycles. The van der Waals surface area contributed by atoms with Gasteiger partial charge in [0, 0.05) is 22.0 Å². The van der Waals surface area contributed by atoms with Crippen LogP contribution in [0.3, 0.4) is 0 Å². The van der Waals surface area contributed by atoms with Crippen molar-refractivity contribution in [2.24, 2.45) is 11.1 Å². The summed E-state index contributed by atoms with van der Waals surface area (Å²) in [5, 5.41) is 10.3. The molecule has 5 heteroatoms. The first kappa shape index (κ1) is 15.0. The highest BCUT2D eigenvalue weighted by molar-refractivity contribution is 9.10. The van der Waals surface area contributed by atoms with E-state index in [1.165, 1.54) is 11.8 Å². The highest BCUT2D eigenvalue weighted by atomic mass is 79.9. The molecule has 17 heavy (non-hydrogen) atoms. The Bertz CT molecular complexity index is 368. The van der Waals surface area contributed by atoms with Crippen molar-refractivity contribution < 1.29 is 5.11 Å². The number of hydrogen-bond donors (Lipinski definition) is 2. The number of aliphatic hydroxyl groups is 1. The van der Waals surface area contributed by atoms with E-state index in [4.69, 9.17) is 5.73 Å². The maximum Gasteiger partial charge on any atom is 0.111 e. The number of pyridine rings is 1. The Balaban J connectivity index is 2.81. The van der Waals surface area contributed by atoms with Crippen molar-refractivity contribution in [3.05, 3.63) is 22.8 Å². The number of hydrogen-bond acceptors (Lipinski definition) is 4. The van der Waals surface area contributed by atoms with Crippen LogP contribution in [0.15, 0.2) is 27.8 Å². The Morgan fingerprint density at radius 1 is 1.53 bits per heavy atom. The minimum Gasteiger partial charge on any atom is -0.395 e. The van der Waals surface area contributed by atoms with Crippen LogP contribution >= 0.6 is 27.7 Å². The Morgan fingerprint density at radius 3 is 2.65 bits per heavy atom. The van der Waals surface area contributed by atoms with E-state index in [1.54, 1.807) is 6.20 Å². The van der Waals surface area contributed by atoms with Crippen LogP contribution in [0, 0.1) is 5.41 Å². The van der Waals surface area contributed by atoms with E-state index in [0.717, 1.165) is 9.50 Å². The van der Waals surface area contributed by atoms with Crippen molar-refractivity contribution in [2.75, 3.05) is 6.61 Å². The molecule has 1 aromatic heterocycles. The molecule has 3 N–H and O–H groups in total. The summed E-state index contributed by atoms with van der Waals surface area (Å²) in [5.41, 5.74) is 6.14. The van der Waals surface area contributed by atoms with E-state index in [0.29, 0.717) is 0 Å². The quantitative estimate of drug-likeness (QED) is 0.838. The van der Waals surface area contributed by atoms with Crippen molar-refractivity contribution in [3.63, 3.8) is 0 Å². The first-order chi connectivity index (χ1) is 7.86. The number of nitrogens with two attached hydrogens (primary N) is 1. The van der Waals surface area contributed by atoms with Crippen LogP contribution in [-0.4, -0.2) is 28.0 Å². The summed E-state index contributed by atoms with van der Waals surface area (Å²) < 4.78 is 0.935. The van der Waals surface area contributed by atoms with Gasteiger partial charge in [-0.05, 0) is 33.5 Å². The van der Waals surface area contributed by atoms with E-state index in [9.17, 15) is 5.11 Å². The van der Waals surface area contributed by atoms with Gasteiger partial charge in [0.05, 0.1) is 6.61 Å². The molecule has 1 heterocycles. The fraction of sp³-hybridized carbons (Fsp3) is 0.583. The molecule has 0 aliphatic rings. The molecule has 0 amide bonds. The molecule has 2 atom stereocenters. The number of nitrogens with zero attached hydrogens (tertiary/aromatic N) is 1. The summed E-state index contributed by atoms with van der Waals surface area (Å²) in [4.78, 5) is 4.28. The average molecular weight is 319 g/mol. The molecule has 0 bridgehead atoms. The second kappa shape index (κ2) is 6.18. The van der Waals surface area contributed by atoms with Crippen molar-refractivity contribution in [1.29, 1.82) is 0 Å². The second-order valence-corrected chi connectivity index (χ2v) is 7.10. The summed E-state index contributed by atoms with van der Waals surface area (Å²) in [6.45, 7) is 6.28. The molecule has 1 aromatic rings.